The summed E-state index contributed by atoms with van der Waals surface area (Å²) in [6.07, 6.45) is 0.338. The molecule has 0 radical (unpaired) electrons. The fourth-order valence-corrected chi connectivity index (χ4v) is 1.32. The van der Waals surface area contributed by atoms with Crippen molar-refractivity contribution in [2.45, 2.75) is 38.1 Å². The van der Waals surface area contributed by atoms with Gasteiger partial charge in [-0.2, -0.15) is 0 Å². The van der Waals surface area contributed by atoms with Crippen molar-refractivity contribution in [3.8, 4) is 0 Å². The first-order chi connectivity index (χ1) is 4.72. The highest BCUT2D eigenvalue weighted by atomic mass is 19.1. The molecule has 0 saturated carbocycles. The predicted molar refractivity (Wildman–Crippen MR) is 35.6 cm³/mol. The summed E-state index contributed by atoms with van der Waals surface area (Å²) in [7, 11) is 0. The number of rotatable bonds is 1. The summed E-state index contributed by atoms with van der Waals surface area (Å²) in [5.41, 5.74) is 0. The maximum atomic E-state index is 12.0. The van der Waals surface area contributed by atoms with Crippen molar-refractivity contribution in [3.63, 3.8) is 0 Å². The van der Waals surface area contributed by atoms with E-state index >= 15 is 0 Å². The first-order valence-corrected chi connectivity index (χ1v) is 3.62. The quantitative estimate of drug-likeness (QED) is 0.598. The molecule has 0 aromatic carbocycles. The second-order valence-corrected chi connectivity index (χ2v) is 2.85. The second kappa shape index (κ2) is 3.30. The molecule has 0 aliphatic carbocycles. The van der Waals surface area contributed by atoms with E-state index in [2.05, 4.69) is 0 Å². The highest BCUT2D eigenvalue weighted by Crippen LogP contribution is 2.19. The van der Waals surface area contributed by atoms with Crippen LogP contribution < -0.4 is 0 Å². The van der Waals surface area contributed by atoms with Gasteiger partial charge in [0.05, 0.1) is 18.3 Å². The van der Waals surface area contributed by atoms with E-state index in [9.17, 15) is 4.39 Å². The van der Waals surface area contributed by atoms with Crippen LogP contribution >= 0.6 is 0 Å². The number of halogens is 1. The summed E-state index contributed by atoms with van der Waals surface area (Å²) in [5, 5.41) is 9.13. The fraction of sp³-hybridized carbons (Fsp3) is 1.00. The molecule has 10 heavy (non-hydrogen) atoms. The first kappa shape index (κ1) is 7.95. The van der Waals surface area contributed by atoms with Crippen LogP contribution in [0.15, 0.2) is 0 Å². The van der Waals surface area contributed by atoms with Crippen molar-refractivity contribution in [1.82, 2.24) is 0 Å². The molecule has 0 aromatic heterocycles. The molecule has 3 heteroatoms. The Balaban J connectivity index is 2.35. The minimum absolute atomic E-state index is 0.00417. The van der Waals surface area contributed by atoms with Crippen LogP contribution in [0.3, 0.4) is 0 Å². The van der Waals surface area contributed by atoms with Crippen LogP contribution in [-0.2, 0) is 4.74 Å². The zero-order valence-corrected chi connectivity index (χ0v) is 6.09. The molecule has 0 aromatic rings. The maximum Gasteiger partial charge on any atom is 0.116 e. The van der Waals surface area contributed by atoms with E-state index in [0.717, 1.165) is 0 Å². The van der Waals surface area contributed by atoms with Gasteiger partial charge in [-0.3, -0.25) is 0 Å². The van der Waals surface area contributed by atoms with Crippen molar-refractivity contribution in [2.75, 3.05) is 6.67 Å². The molecule has 1 saturated heterocycles. The summed E-state index contributed by atoms with van der Waals surface area (Å²) < 4.78 is 17.2. The molecule has 60 valence electrons. The zero-order chi connectivity index (χ0) is 7.56. The predicted octanol–water partition coefficient (Wildman–Crippen LogP) is 0.884. The maximum absolute atomic E-state index is 12.0. The molecular formula is C7H13FO2. The molecule has 3 unspecified atom stereocenters. The normalized spacial score (nSPS) is 41.7. The smallest absolute Gasteiger partial charge is 0.116 e. The lowest BCUT2D eigenvalue weighted by atomic mass is 10.0. The fourth-order valence-electron chi connectivity index (χ4n) is 1.32. The van der Waals surface area contributed by atoms with E-state index in [1.807, 2.05) is 6.92 Å². The summed E-state index contributed by atoms with van der Waals surface area (Å²) in [6.45, 7) is 1.37. The monoisotopic (exact) mass is 148 g/mol. The van der Waals surface area contributed by atoms with Gasteiger partial charge in [-0.25, -0.2) is 4.39 Å². The zero-order valence-electron chi connectivity index (χ0n) is 6.09. The summed E-state index contributed by atoms with van der Waals surface area (Å²) in [4.78, 5) is 0. The van der Waals surface area contributed by atoms with Gasteiger partial charge in [-0.1, -0.05) is 0 Å². The number of hydrogen-bond acceptors (Lipinski definition) is 2. The first-order valence-electron chi connectivity index (χ1n) is 3.62. The average molecular weight is 148 g/mol. The van der Waals surface area contributed by atoms with Crippen molar-refractivity contribution in [3.05, 3.63) is 0 Å². The van der Waals surface area contributed by atoms with E-state index in [1.165, 1.54) is 0 Å². The Morgan fingerprint density at radius 2 is 2.30 bits per heavy atom. The highest BCUT2D eigenvalue weighted by Gasteiger charge is 2.25. The Labute approximate surface area is 60.0 Å². The van der Waals surface area contributed by atoms with Crippen LogP contribution in [-0.4, -0.2) is 30.1 Å². The van der Waals surface area contributed by atoms with Crippen LogP contribution in [0, 0.1) is 0 Å². The Bertz CT molecular complexity index is 97.8. The van der Waals surface area contributed by atoms with Gasteiger partial charge in [0.1, 0.15) is 6.67 Å². The van der Waals surface area contributed by atoms with Gasteiger partial charge >= 0.3 is 0 Å². The lowest BCUT2D eigenvalue weighted by Crippen LogP contribution is -2.35. The van der Waals surface area contributed by atoms with Crippen molar-refractivity contribution in [1.29, 1.82) is 0 Å². The lowest BCUT2D eigenvalue weighted by Gasteiger charge is -2.29. The molecule has 1 N–H and O–H groups in total. The number of ether oxygens (including phenoxy) is 1. The Morgan fingerprint density at radius 3 is 2.80 bits per heavy atom. The lowest BCUT2D eigenvalue weighted by molar-refractivity contribution is -0.0942. The molecule has 2 nitrogen and oxygen atoms in total. The van der Waals surface area contributed by atoms with Crippen molar-refractivity contribution in [2.24, 2.45) is 0 Å². The van der Waals surface area contributed by atoms with Crippen LogP contribution in [0.1, 0.15) is 19.8 Å². The van der Waals surface area contributed by atoms with E-state index in [0.29, 0.717) is 12.8 Å². The minimum Gasteiger partial charge on any atom is -0.393 e. The molecule has 0 spiro atoms. The number of alkyl halides is 1. The van der Waals surface area contributed by atoms with Gasteiger partial charge in [0.15, 0.2) is 0 Å². The molecule has 0 amide bonds. The average Bonchev–Trinajstić information content (AvgIpc) is 1.85. The molecule has 1 fully saturated rings. The number of aliphatic hydroxyl groups is 1. The third kappa shape index (κ3) is 1.92. The van der Waals surface area contributed by atoms with Crippen LogP contribution in [0.2, 0.25) is 0 Å². The standard InChI is InChI=1S/C7H13FO2/c1-5-2-6(9)3-7(4-8)10-5/h5-7,9H,2-4H2,1H3. The Kier molecular flexibility index (Phi) is 2.63. The summed E-state index contributed by atoms with van der Waals surface area (Å²) >= 11 is 0. The number of aliphatic hydroxyl groups excluding tert-OH is 1. The van der Waals surface area contributed by atoms with Crippen LogP contribution in [0.5, 0.6) is 0 Å². The molecular weight excluding hydrogens is 135 g/mol. The van der Waals surface area contributed by atoms with E-state index < -0.39 is 6.67 Å². The summed E-state index contributed by atoms with van der Waals surface area (Å²) in [5.74, 6) is 0. The highest BCUT2D eigenvalue weighted by molar-refractivity contribution is 4.73. The summed E-state index contributed by atoms with van der Waals surface area (Å²) in [6, 6.07) is 0. The molecule has 1 aliphatic heterocycles. The molecule has 1 aliphatic rings. The molecule has 0 bridgehead atoms. The van der Waals surface area contributed by atoms with Gasteiger partial charge in [0, 0.05) is 6.42 Å². The third-order valence-corrected chi connectivity index (χ3v) is 1.74. The van der Waals surface area contributed by atoms with Crippen LogP contribution in [0.4, 0.5) is 4.39 Å². The molecule has 1 rings (SSSR count). The van der Waals surface area contributed by atoms with Crippen LogP contribution in [0.25, 0.3) is 0 Å². The van der Waals surface area contributed by atoms with E-state index in [4.69, 9.17) is 9.84 Å². The Morgan fingerprint density at radius 1 is 1.60 bits per heavy atom. The molecule has 1 heterocycles. The van der Waals surface area contributed by atoms with Crippen molar-refractivity contribution < 1.29 is 14.2 Å². The third-order valence-electron chi connectivity index (χ3n) is 1.74. The Hall–Kier alpha value is -0.150. The van der Waals surface area contributed by atoms with E-state index in [1.54, 1.807) is 0 Å². The second-order valence-electron chi connectivity index (χ2n) is 2.85. The SMILES string of the molecule is CC1CC(O)CC(CF)O1. The van der Waals surface area contributed by atoms with Gasteiger partial charge in [0.25, 0.3) is 0 Å². The number of hydrogen-bond donors (Lipinski definition) is 1. The van der Waals surface area contributed by atoms with Crippen molar-refractivity contribution >= 4 is 0 Å². The topological polar surface area (TPSA) is 29.5 Å². The van der Waals surface area contributed by atoms with Gasteiger partial charge in [-0.05, 0) is 13.3 Å². The van der Waals surface area contributed by atoms with Gasteiger partial charge < -0.3 is 9.84 Å². The van der Waals surface area contributed by atoms with Gasteiger partial charge in [-0.15, -0.1) is 0 Å². The van der Waals surface area contributed by atoms with E-state index in [-0.39, 0.29) is 18.3 Å². The molecule has 3 atom stereocenters. The largest absolute Gasteiger partial charge is 0.393 e. The minimum atomic E-state index is -0.485. The van der Waals surface area contributed by atoms with Gasteiger partial charge in [0.2, 0.25) is 0 Å².